The molecule has 1 unspecified atom stereocenters. The van der Waals surface area contributed by atoms with E-state index in [-0.39, 0.29) is 18.5 Å². The van der Waals surface area contributed by atoms with Crippen LogP contribution in [-0.4, -0.2) is 54.8 Å². The number of likely N-dealkylation sites (N-methyl/N-ethyl adjacent to an activating group) is 1. The van der Waals surface area contributed by atoms with Gasteiger partial charge in [-0.1, -0.05) is 0 Å². The summed E-state index contributed by atoms with van der Waals surface area (Å²) >= 11 is 0. The van der Waals surface area contributed by atoms with Gasteiger partial charge in [0.2, 0.25) is 17.7 Å². The molecule has 1 aromatic carbocycles. The lowest BCUT2D eigenvalue weighted by Crippen LogP contribution is -2.48. The molecule has 7 nitrogen and oxygen atoms in total. The third kappa shape index (κ3) is 5.95. The van der Waals surface area contributed by atoms with Gasteiger partial charge in [0.25, 0.3) is 0 Å². The minimum absolute atomic E-state index is 0.0251. The lowest BCUT2D eigenvalue weighted by molar-refractivity contribution is -0.129. The van der Waals surface area contributed by atoms with E-state index in [1.54, 1.807) is 14.0 Å². The smallest absolute Gasteiger partial charge is 0.243 e. The lowest BCUT2D eigenvalue weighted by Gasteiger charge is -2.23. The van der Waals surface area contributed by atoms with Gasteiger partial charge >= 0.3 is 0 Å². The van der Waals surface area contributed by atoms with E-state index in [0.29, 0.717) is 6.07 Å². The highest BCUT2D eigenvalue weighted by molar-refractivity contribution is 5.95. The molecule has 0 bridgehead atoms. The van der Waals surface area contributed by atoms with Crippen LogP contribution in [-0.2, 0) is 14.4 Å². The fourth-order valence-electron chi connectivity index (χ4n) is 2.20. The molecule has 10 heteroatoms. The van der Waals surface area contributed by atoms with Crippen LogP contribution in [0.3, 0.4) is 0 Å². The molecule has 1 saturated carbocycles. The first-order valence-electron chi connectivity index (χ1n) is 8.39. The van der Waals surface area contributed by atoms with Gasteiger partial charge in [0.05, 0.1) is 24.8 Å². The van der Waals surface area contributed by atoms with Crippen LogP contribution in [0.2, 0.25) is 0 Å². The van der Waals surface area contributed by atoms with Crippen LogP contribution in [0.4, 0.5) is 18.9 Å². The van der Waals surface area contributed by atoms with E-state index in [1.807, 2.05) is 5.32 Å². The van der Waals surface area contributed by atoms with Crippen molar-refractivity contribution in [1.29, 1.82) is 0 Å². The Morgan fingerprint density at radius 1 is 1.15 bits per heavy atom. The summed E-state index contributed by atoms with van der Waals surface area (Å²) in [7, 11) is 1.59. The van der Waals surface area contributed by atoms with Crippen molar-refractivity contribution in [2.24, 2.45) is 0 Å². The Hall–Kier alpha value is -2.62. The first kappa shape index (κ1) is 20.7. The largest absolute Gasteiger partial charge is 0.352 e. The van der Waals surface area contributed by atoms with E-state index >= 15 is 0 Å². The summed E-state index contributed by atoms with van der Waals surface area (Å²) in [5.41, 5.74) is -0.532. The van der Waals surface area contributed by atoms with Crippen LogP contribution in [0.25, 0.3) is 0 Å². The Morgan fingerprint density at radius 3 is 2.44 bits per heavy atom. The van der Waals surface area contributed by atoms with Crippen molar-refractivity contribution in [3.63, 3.8) is 0 Å². The van der Waals surface area contributed by atoms with E-state index in [2.05, 4.69) is 10.6 Å². The predicted octanol–water partition coefficient (Wildman–Crippen LogP) is 0.757. The monoisotopic (exact) mass is 386 g/mol. The molecule has 0 radical (unpaired) electrons. The average Bonchev–Trinajstić information content (AvgIpc) is 3.43. The summed E-state index contributed by atoms with van der Waals surface area (Å²) in [6.07, 6.45) is 1.91. The number of benzene rings is 1. The van der Waals surface area contributed by atoms with E-state index in [4.69, 9.17) is 0 Å². The number of halogens is 3. The number of anilines is 1. The lowest BCUT2D eigenvalue weighted by atomic mass is 10.2. The minimum Gasteiger partial charge on any atom is -0.352 e. The molecule has 27 heavy (non-hydrogen) atoms. The molecule has 1 aromatic rings. The Kier molecular flexibility index (Phi) is 6.78. The van der Waals surface area contributed by atoms with E-state index in [0.717, 1.165) is 18.9 Å². The summed E-state index contributed by atoms with van der Waals surface area (Å²) in [6, 6.07) is 1.08. The third-order valence-corrected chi connectivity index (χ3v) is 4.11. The molecule has 148 valence electrons. The molecule has 1 atom stereocenters. The zero-order valence-electron chi connectivity index (χ0n) is 14.9. The minimum atomic E-state index is -1.70. The van der Waals surface area contributed by atoms with Crippen LogP contribution >= 0.6 is 0 Å². The second kappa shape index (κ2) is 8.85. The topological polar surface area (TPSA) is 90.5 Å². The Morgan fingerprint density at radius 2 is 1.81 bits per heavy atom. The molecular formula is C17H21F3N4O3. The molecule has 0 aromatic heterocycles. The summed E-state index contributed by atoms with van der Waals surface area (Å²) < 4.78 is 39.5. The summed E-state index contributed by atoms with van der Waals surface area (Å²) in [5.74, 6) is -6.11. The van der Waals surface area contributed by atoms with Gasteiger partial charge in [-0.2, -0.15) is 0 Å². The van der Waals surface area contributed by atoms with Crippen molar-refractivity contribution in [3.05, 3.63) is 29.6 Å². The first-order chi connectivity index (χ1) is 12.7. The molecule has 3 amide bonds. The summed E-state index contributed by atoms with van der Waals surface area (Å²) in [4.78, 5) is 37.1. The van der Waals surface area contributed by atoms with Gasteiger partial charge in [0, 0.05) is 6.04 Å². The molecule has 1 aliphatic rings. The SMILES string of the molecule is CC(C(=O)NCC(=O)Nc1ccc(F)c(F)c1F)N(C)CC(=O)NC1CC1. The second-order valence-corrected chi connectivity index (χ2v) is 6.42. The van der Waals surface area contributed by atoms with Gasteiger partial charge in [-0.25, -0.2) is 13.2 Å². The number of nitrogens with one attached hydrogen (secondary N) is 3. The zero-order valence-corrected chi connectivity index (χ0v) is 14.9. The van der Waals surface area contributed by atoms with Crippen molar-refractivity contribution in [3.8, 4) is 0 Å². The van der Waals surface area contributed by atoms with Gasteiger partial charge in [-0.05, 0) is 38.9 Å². The molecule has 3 N–H and O–H groups in total. The standard InChI is InChI=1S/C17H21F3N4O3/c1-9(24(2)8-14(26)22-10-3-4-10)17(27)21-7-13(25)23-12-6-5-11(18)15(19)16(12)20/h5-6,9-10H,3-4,7-8H2,1-2H3,(H,21,27)(H,22,26)(H,23,25). The Bertz CT molecular complexity index is 740. The number of hydrogen-bond donors (Lipinski definition) is 3. The second-order valence-electron chi connectivity index (χ2n) is 6.42. The third-order valence-electron chi connectivity index (χ3n) is 4.11. The van der Waals surface area contributed by atoms with Gasteiger partial charge < -0.3 is 16.0 Å². The molecule has 1 fully saturated rings. The number of amides is 3. The van der Waals surface area contributed by atoms with Gasteiger partial charge in [-0.15, -0.1) is 0 Å². The number of hydrogen-bond acceptors (Lipinski definition) is 4. The fourth-order valence-corrected chi connectivity index (χ4v) is 2.20. The molecular weight excluding hydrogens is 365 g/mol. The van der Waals surface area contributed by atoms with Gasteiger partial charge in [0.15, 0.2) is 17.5 Å². The number of carbonyl (C=O) groups excluding carboxylic acids is 3. The number of carbonyl (C=O) groups is 3. The first-order valence-corrected chi connectivity index (χ1v) is 8.39. The molecule has 0 saturated heterocycles. The van der Waals surface area contributed by atoms with Crippen LogP contribution in [0.15, 0.2) is 12.1 Å². The summed E-state index contributed by atoms with van der Waals surface area (Å²) in [6.45, 7) is 1.09. The maximum Gasteiger partial charge on any atom is 0.243 e. The molecule has 0 heterocycles. The molecule has 1 aliphatic carbocycles. The fraction of sp³-hybridized carbons (Fsp3) is 0.471. The normalized spacial score (nSPS) is 14.6. The van der Waals surface area contributed by atoms with Crippen molar-refractivity contribution in [2.75, 3.05) is 25.5 Å². The van der Waals surface area contributed by atoms with E-state index < -0.39 is 47.5 Å². The highest BCUT2D eigenvalue weighted by Crippen LogP contribution is 2.19. The number of rotatable bonds is 8. The van der Waals surface area contributed by atoms with Crippen LogP contribution < -0.4 is 16.0 Å². The molecule has 2 rings (SSSR count). The predicted molar refractivity (Wildman–Crippen MR) is 91.2 cm³/mol. The van der Waals surface area contributed by atoms with Crippen molar-refractivity contribution in [2.45, 2.75) is 31.8 Å². The van der Waals surface area contributed by atoms with Crippen molar-refractivity contribution < 1.29 is 27.6 Å². The van der Waals surface area contributed by atoms with Crippen molar-refractivity contribution >= 4 is 23.4 Å². The van der Waals surface area contributed by atoms with Gasteiger partial charge in [-0.3, -0.25) is 19.3 Å². The van der Waals surface area contributed by atoms with Crippen LogP contribution in [0.5, 0.6) is 0 Å². The van der Waals surface area contributed by atoms with Crippen molar-refractivity contribution in [1.82, 2.24) is 15.5 Å². The van der Waals surface area contributed by atoms with Crippen LogP contribution in [0.1, 0.15) is 19.8 Å². The Labute approximate surface area is 154 Å². The number of nitrogens with zero attached hydrogens (tertiary/aromatic N) is 1. The summed E-state index contributed by atoms with van der Waals surface area (Å²) in [5, 5.41) is 7.19. The highest BCUT2D eigenvalue weighted by atomic mass is 19.2. The maximum absolute atomic E-state index is 13.5. The average molecular weight is 386 g/mol. The zero-order chi connectivity index (χ0) is 20.1. The van der Waals surface area contributed by atoms with E-state index in [9.17, 15) is 27.6 Å². The van der Waals surface area contributed by atoms with E-state index in [1.165, 1.54) is 4.90 Å². The highest BCUT2D eigenvalue weighted by Gasteiger charge is 2.26. The van der Waals surface area contributed by atoms with Gasteiger partial charge in [0.1, 0.15) is 0 Å². The Balaban J connectivity index is 1.78. The van der Waals surface area contributed by atoms with Crippen LogP contribution in [0, 0.1) is 17.5 Å². The molecule has 0 aliphatic heterocycles. The quantitative estimate of drug-likeness (QED) is 0.576. The maximum atomic E-state index is 13.5. The molecule has 0 spiro atoms.